The number of hydrogen-bond acceptors (Lipinski definition) is 7. The summed E-state index contributed by atoms with van der Waals surface area (Å²) in [7, 11) is 5.10. The third-order valence-electron chi connectivity index (χ3n) is 3.33. The normalized spacial score (nSPS) is 10.0. The Morgan fingerprint density at radius 1 is 1.22 bits per heavy atom. The molecule has 0 N–H and O–H groups in total. The van der Waals surface area contributed by atoms with Crippen LogP contribution in [0.25, 0.3) is 0 Å². The predicted octanol–water partition coefficient (Wildman–Crippen LogP) is 2.72. The Bertz CT molecular complexity index is 731. The van der Waals surface area contributed by atoms with Gasteiger partial charge in [-0.15, -0.1) is 11.8 Å². The number of benzene rings is 1. The Morgan fingerprint density at radius 2 is 1.96 bits per heavy atom. The Kier molecular flexibility index (Phi) is 5.66. The second-order valence-electron chi connectivity index (χ2n) is 4.74. The van der Waals surface area contributed by atoms with Gasteiger partial charge in [-0.25, -0.2) is 9.97 Å². The van der Waals surface area contributed by atoms with Gasteiger partial charge >= 0.3 is 0 Å². The first kappa shape index (κ1) is 16.9. The van der Waals surface area contributed by atoms with E-state index in [4.69, 9.17) is 9.47 Å². The van der Waals surface area contributed by atoms with Crippen LogP contribution in [0.15, 0.2) is 29.6 Å². The van der Waals surface area contributed by atoms with E-state index in [2.05, 4.69) is 16.0 Å². The van der Waals surface area contributed by atoms with Crippen molar-refractivity contribution in [3.8, 4) is 17.6 Å². The standard InChI is InChI=1S/C16H18N4O2S/c1-20(15-12(8-17)16(23-4)19-10-18-15)9-11-5-6-13(21-2)14(7-11)22-3/h5-7,10H,9H2,1-4H3. The minimum atomic E-state index is 0.489. The molecule has 1 heterocycles. The van der Waals surface area contributed by atoms with E-state index in [0.29, 0.717) is 34.5 Å². The van der Waals surface area contributed by atoms with Gasteiger partial charge in [0.1, 0.15) is 23.0 Å². The van der Waals surface area contributed by atoms with Crippen molar-refractivity contribution in [3.63, 3.8) is 0 Å². The molecule has 0 atom stereocenters. The van der Waals surface area contributed by atoms with Crippen molar-refractivity contribution in [2.24, 2.45) is 0 Å². The summed E-state index contributed by atoms with van der Waals surface area (Å²) in [6, 6.07) is 7.93. The molecule has 120 valence electrons. The maximum absolute atomic E-state index is 9.39. The van der Waals surface area contributed by atoms with Gasteiger partial charge in [0.2, 0.25) is 0 Å². The van der Waals surface area contributed by atoms with Gasteiger partial charge < -0.3 is 14.4 Å². The lowest BCUT2D eigenvalue weighted by Crippen LogP contribution is -2.19. The molecule has 0 bridgehead atoms. The Labute approximate surface area is 140 Å². The molecule has 7 heteroatoms. The van der Waals surface area contributed by atoms with Gasteiger partial charge in [-0.1, -0.05) is 6.07 Å². The summed E-state index contributed by atoms with van der Waals surface area (Å²) < 4.78 is 10.6. The molecular weight excluding hydrogens is 312 g/mol. The van der Waals surface area contributed by atoms with Crippen LogP contribution in [0.1, 0.15) is 11.1 Å². The maximum atomic E-state index is 9.39. The molecule has 0 aliphatic carbocycles. The van der Waals surface area contributed by atoms with Gasteiger partial charge in [0.05, 0.1) is 14.2 Å². The minimum absolute atomic E-state index is 0.489. The summed E-state index contributed by atoms with van der Waals surface area (Å²) in [5, 5.41) is 10.1. The van der Waals surface area contributed by atoms with E-state index in [1.165, 1.54) is 18.1 Å². The Balaban J connectivity index is 2.29. The average molecular weight is 330 g/mol. The summed E-state index contributed by atoms with van der Waals surface area (Å²) in [5.41, 5.74) is 1.52. The van der Waals surface area contributed by atoms with Crippen LogP contribution in [0.3, 0.4) is 0 Å². The number of hydrogen-bond donors (Lipinski definition) is 0. The third-order valence-corrected chi connectivity index (χ3v) is 4.02. The van der Waals surface area contributed by atoms with Crippen molar-refractivity contribution in [1.29, 1.82) is 5.26 Å². The van der Waals surface area contributed by atoms with E-state index in [1.807, 2.05) is 36.4 Å². The second-order valence-corrected chi connectivity index (χ2v) is 5.53. The predicted molar refractivity (Wildman–Crippen MR) is 90.2 cm³/mol. The average Bonchev–Trinajstić information content (AvgIpc) is 2.60. The zero-order valence-electron chi connectivity index (χ0n) is 13.5. The van der Waals surface area contributed by atoms with Crippen LogP contribution in [0, 0.1) is 11.3 Å². The molecule has 6 nitrogen and oxygen atoms in total. The Hall–Kier alpha value is -2.46. The maximum Gasteiger partial charge on any atom is 0.161 e. The molecule has 0 unspecified atom stereocenters. The highest BCUT2D eigenvalue weighted by atomic mass is 32.2. The van der Waals surface area contributed by atoms with Crippen molar-refractivity contribution in [2.45, 2.75) is 11.6 Å². The molecule has 0 radical (unpaired) electrons. The van der Waals surface area contributed by atoms with Crippen LogP contribution < -0.4 is 14.4 Å². The number of anilines is 1. The molecule has 0 amide bonds. The smallest absolute Gasteiger partial charge is 0.161 e. The monoisotopic (exact) mass is 330 g/mol. The molecule has 0 saturated heterocycles. The third kappa shape index (κ3) is 3.66. The largest absolute Gasteiger partial charge is 0.493 e. The number of nitriles is 1. The van der Waals surface area contributed by atoms with Crippen molar-refractivity contribution in [2.75, 3.05) is 32.4 Å². The number of thioether (sulfide) groups is 1. The molecule has 2 aromatic rings. The summed E-state index contributed by atoms with van der Waals surface area (Å²) in [5.74, 6) is 1.97. The number of rotatable bonds is 6. The minimum Gasteiger partial charge on any atom is -0.493 e. The van der Waals surface area contributed by atoms with Crippen LogP contribution >= 0.6 is 11.8 Å². The number of nitrogens with zero attached hydrogens (tertiary/aromatic N) is 4. The van der Waals surface area contributed by atoms with Gasteiger partial charge in [0.15, 0.2) is 17.3 Å². The second kappa shape index (κ2) is 7.70. The number of methoxy groups -OCH3 is 2. The number of ether oxygens (including phenoxy) is 2. The van der Waals surface area contributed by atoms with E-state index < -0.39 is 0 Å². The van der Waals surface area contributed by atoms with E-state index >= 15 is 0 Å². The van der Waals surface area contributed by atoms with Gasteiger partial charge in [-0.05, 0) is 24.0 Å². The van der Waals surface area contributed by atoms with Crippen LogP contribution in [-0.4, -0.2) is 37.5 Å². The molecule has 0 saturated carbocycles. The molecule has 0 aliphatic rings. The van der Waals surface area contributed by atoms with E-state index in [0.717, 1.165) is 5.56 Å². The van der Waals surface area contributed by atoms with Crippen molar-refractivity contribution in [1.82, 2.24) is 9.97 Å². The molecule has 0 aliphatic heterocycles. The lowest BCUT2D eigenvalue weighted by Gasteiger charge is -2.20. The zero-order valence-corrected chi connectivity index (χ0v) is 14.3. The molecule has 1 aromatic heterocycles. The van der Waals surface area contributed by atoms with Crippen LogP contribution in [0.2, 0.25) is 0 Å². The zero-order chi connectivity index (χ0) is 16.8. The fourth-order valence-electron chi connectivity index (χ4n) is 2.23. The molecular formula is C16H18N4O2S. The summed E-state index contributed by atoms with van der Waals surface area (Å²) in [6.45, 7) is 0.583. The highest BCUT2D eigenvalue weighted by Crippen LogP contribution is 2.29. The van der Waals surface area contributed by atoms with E-state index in [1.54, 1.807) is 14.2 Å². The van der Waals surface area contributed by atoms with Crippen molar-refractivity contribution >= 4 is 17.6 Å². The highest BCUT2D eigenvalue weighted by Gasteiger charge is 2.15. The lowest BCUT2D eigenvalue weighted by molar-refractivity contribution is 0.354. The molecule has 0 spiro atoms. The van der Waals surface area contributed by atoms with Crippen LogP contribution in [-0.2, 0) is 6.54 Å². The first-order chi connectivity index (χ1) is 11.1. The van der Waals surface area contributed by atoms with E-state index in [-0.39, 0.29) is 0 Å². The number of aromatic nitrogens is 2. The molecule has 2 rings (SSSR count). The summed E-state index contributed by atoms with van der Waals surface area (Å²) in [4.78, 5) is 10.3. The highest BCUT2D eigenvalue weighted by molar-refractivity contribution is 7.98. The first-order valence-corrected chi connectivity index (χ1v) is 8.08. The fraction of sp³-hybridized carbons (Fsp3) is 0.312. The van der Waals surface area contributed by atoms with Crippen molar-refractivity contribution in [3.05, 3.63) is 35.7 Å². The summed E-state index contributed by atoms with van der Waals surface area (Å²) >= 11 is 1.43. The first-order valence-electron chi connectivity index (χ1n) is 6.85. The van der Waals surface area contributed by atoms with Crippen LogP contribution in [0.5, 0.6) is 11.5 Å². The molecule has 1 aromatic carbocycles. The van der Waals surface area contributed by atoms with Gasteiger partial charge in [0, 0.05) is 13.6 Å². The molecule has 0 fully saturated rings. The van der Waals surface area contributed by atoms with Gasteiger partial charge in [-0.3, -0.25) is 0 Å². The van der Waals surface area contributed by atoms with Gasteiger partial charge in [0.25, 0.3) is 0 Å². The van der Waals surface area contributed by atoms with E-state index in [9.17, 15) is 5.26 Å². The fourth-order valence-corrected chi connectivity index (χ4v) is 2.72. The SMILES string of the molecule is COc1ccc(CN(C)c2ncnc(SC)c2C#N)cc1OC. The molecule has 23 heavy (non-hydrogen) atoms. The Morgan fingerprint density at radius 3 is 2.57 bits per heavy atom. The lowest BCUT2D eigenvalue weighted by atomic mass is 10.2. The van der Waals surface area contributed by atoms with Gasteiger partial charge in [-0.2, -0.15) is 5.26 Å². The topological polar surface area (TPSA) is 71.3 Å². The van der Waals surface area contributed by atoms with Crippen molar-refractivity contribution < 1.29 is 9.47 Å². The van der Waals surface area contributed by atoms with Crippen LogP contribution in [0.4, 0.5) is 5.82 Å². The quantitative estimate of drug-likeness (QED) is 0.595. The summed E-state index contributed by atoms with van der Waals surface area (Å²) in [6.07, 6.45) is 3.37.